The smallest absolute Gasteiger partial charge is 0.118 e. The van der Waals surface area contributed by atoms with Gasteiger partial charge in [0.2, 0.25) is 0 Å². The monoisotopic (exact) mass is 202 g/mol. The molecule has 1 unspecified atom stereocenters. The average molecular weight is 202 g/mol. The van der Waals surface area contributed by atoms with Crippen molar-refractivity contribution >= 4 is 0 Å². The fraction of sp³-hybridized carbons (Fsp3) is 0.231. The minimum Gasteiger partial charge on any atom is -0.497 e. The van der Waals surface area contributed by atoms with Crippen molar-refractivity contribution < 1.29 is 9.84 Å². The highest BCUT2D eigenvalue weighted by Gasteiger charge is 2.17. The summed E-state index contributed by atoms with van der Waals surface area (Å²) < 4.78 is 5.06. The Balaban J connectivity index is 2.14. The standard InChI is InChI=1S/C13H14O2/c1-15-12-8-6-11(7-9-12)13(14)10-4-2-3-5-10/h2-10,13-14H,1H3. The minimum atomic E-state index is -0.467. The molecular formula is C13H14O2. The van der Waals surface area contributed by atoms with E-state index in [0.29, 0.717) is 0 Å². The van der Waals surface area contributed by atoms with Crippen LogP contribution in [0.15, 0.2) is 48.6 Å². The summed E-state index contributed by atoms with van der Waals surface area (Å²) in [6.07, 6.45) is 7.43. The van der Waals surface area contributed by atoms with Crippen LogP contribution in [0.5, 0.6) is 5.75 Å². The van der Waals surface area contributed by atoms with Crippen LogP contribution < -0.4 is 4.74 Å². The Morgan fingerprint density at radius 3 is 2.27 bits per heavy atom. The van der Waals surface area contributed by atoms with Gasteiger partial charge in [-0.2, -0.15) is 0 Å². The molecule has 0 bridgehead atoms. The summed E-state index contributed by atoms with van der Waals surface area (Å²) in [5, 5.41) is 10.0. The highest BCUT2D eigenvalue weighted by atomic mass is 16.5. The number of benzene rings is 1. The summed E-state index contributed by atoms with van der Waals surface area (Å²) in [5.74, 6) is 0.904. The van der Waals surface area contributed by atoms with Gasteiger partial charge in [-0.25, -0.2) is 0 Å². The van der Waals surface area contributed by atoms with Gasteiger partial charge in [-0.1, -0.05) is 36.4 Å². The van der Waals surface area contributed by atoms with Crippen LogP contribution in [-0.2, 0) is 0 Å². The molecular weight excluding hydrogens is 188 g/mol. The first kappa shape index (κ1) is 9.99. The molecule has 0 heterocycles. The minimum absolute atomic E-state index is 0.0957. The van der Waals surface area contributed by atoms with Crippen LogP contribution in [0.1, 0.15) is 11.7 Å². The molecule has 0 fully saturated rings. The Morgan fingerprint density at radius 2 is 1.73 bits per heavy atom. The van der Waals surface area contributed by atoms with E-state index in [-0.39, 0.29) is 5.92 Å². The Bertz CT molecular complexity index is 364. The van der Waals surface area contributed by atoms with Crippen molar-refractivity contribution in [2.45, 2.75) is 6.10 Å². The highest BCUT2D eigenvalue weighted by Crippen LogP contribution is 2.27. The second-order valence-corrected chi connectivity index (χ2v) is 3.57. The highest BCUT2D eigenvalue weighted by molar-refractivity contribution is 5.31. The van der Waals surface area contributed by atoms with E-state index in [1.165, 1.54) is 0 Å². The maximum Gasteiger partial charge on any atom is 0.118 e. The first-order valence-corrected chi connectivity index (χ1v) is 4.98. The van der Waals surface area contributed by atoms with Crippen LogP contribution in [-0.4, -0.2) is 12.2 Å². The predicted octanol–water partition coefficient (Wildman–Crippen LogP) is 2.47. The molecule has 1 aromatic carbocycles. The SMILES string of the molecule is COc1ccc(C(O)C2C=CC=C2)cc1. The molecule has 2 nitrogen and oxygen atoms in total. The van der Waals surface area contributed by atoms with E-state index < -0.39 is 6.10 Å². The number of hydrogen-bond donors (Lipinski definition) is 1. The van der Waals surface area contributed by atoms with Gasteiger partial charge in [0, 0.05) is 5.92 Å². The Morgan fingerprint density at radius 1 is 1.13 bits per heavy atom. The van der Waals surface area contributed by atoms with Gasteiger partial charge in [0.05, 0.1) is 13.2 Å². The topological polar surface area (TPSA) is 29.5 Å². The Labute approximate surface area is 89.5 Å². The third-order valence-electron chi connectivity index (χ3n) is 2.60. The molecule has 1 N–H and O–H groups in total. The maximum absolute atomic E-state index is 10.0. The van der Waals surface area contributed by atoms with Crippen molar-refractivity contribution in [2.75, 3.05) is 7.11 Å². The van der Waals surface area contributed by atoms with E-state index in [9.17, 15) is 5.11 Å². The lowest BCUT2D eigenvalue weighted by atomic mass is 9.97. The van der Waals surface area contributed by atoms with Gasteiger partial charge in [-0.05, 0) is 17.7 Å². The van der Waals surface area contributed by atoms with E-state index in [1.54, 1.807) is 7.11 Å². The normalized spacial score (nSPS) is 16.9. The molecule has 2 heteroatoms. The molecule has 78 valence electrons. The molecule has 1 atom stereocenters. The van der Waals surface area contributed by atoms with E-state index in [1.807, 2.05) is 48.6 Å². The average Bonchev–Trinajstić information content (AvgIpc) is 2.82. The van der Waals surface area contributed by atoms with Crippen molar-refractivity contribution in [3.8, 4) is 5.75 Å². The van der Waals surface area contributed by atoms with Gasteiger partial charge < -0.3 is 9.84 Å². The van der Waals surface area contributed by atoms with Crippen molar-refractivity contribution in [1.29, 1.82) is 0 Å². The lowest BCUT2D eigenvalue weighted by Crippen LogP contribution is -2.06. The Kier molecular flexibility index (Phi) is 2.88. The van der Waals surface area contributed by atoms with Gasteiger partial charge >= 0.3 is 0 Å². The quantitative estimate of drug-likeness (QED) is 0.815. The lowest BCUT2D eigenvalue weighted by Gasteiger charge is -2.15. The number of methoxy groups -OCH3 is 1. The number of aliphatic hydroxyl groups excluding tert-OH is 1. The number of allylic oxidation sites excluding steroid dienone is 2. The molecule has 0 spiro atoms. The first-order chi connectivity index (χ1) is 7.31. The third-order valence-corrected chi connectivity index (χ3v) is 2.60. The van der Waals surface area contributed by atoms with Crippen molar-refractivity contribution in [3.63, 3.8) is 0 Å². The molecule has 0 amide bonds. The third kappa shape index (κ3) is 2.10. The van der Waals surface area contributed by atoms with E-state index in [0.717, 1.165) is 11.3 Å². The molecule has 0 aromatic heterocycles. The van der Waals surface area contributed by atoms with Crippen LogP contribution in [0, 0.1) is 5.92 Å². The Hall–Kier alpha value is -1.54. The van der Waals surface area contributed by atoms with Crippen LogP contribution in [0.25, 0.3) is 0 Å². The molecule has 1 aliphatic rings. The van der Waals surface area contributed by atoms with Crippen LogP contribution >= 0.6 is 0 Å². The molecule has 0 aliphatic heterocycles. The van der Waals surface area contributed by atoms with Crippen LogP contribution in [0.2, 0.25) is 0 Å². The van der Waals surface area contributed by atoms with Gasteiger partial charge in [-0.3, -0.25) is 0 Å². The number of ether oxygens (including phenoxy) is 1. The van der Waals surface area contributed by atoms with Gasteiger partial charge in [-0.15, -0.1) is 0 Å². The van der Waals surface area contributed by atoms with Crippen LogP contribution in [0.3, 0.4) is 0 Å². The molecule has 1 aliphatic carbocycles. The number of hydrogen-bond acceptors (Lipinski definition) is 2. The zero-order valence-corrected chi connectivity index (χ0v) is 8.63. The summed E-state index contributed by atoms with van der Waals surface area (Å²) in [6.45, 7) is 0. The predicted molar refractivity (Wildman–Crippen MR) is 59.7 cm³/mol. The maximum atomic E-state index is 10.0. The van der Waals surface area contributed by atoms with Gasteiger partial charge in [0.25, 0.3) is 0 Å². The summed E-state index contributed by atoms with van der Waals surface area (Å²) in [7, 11) is 1.63. The van der Waals surface area contributed by atoms with Crippen molar-refractivity contribution in [1.82, 2.24) is 0 Å². The van der Waals surface area contributed by atoms with E-state index in [2.05, 4.69) is 0 Å². The summed E-state index contributed by atoms with van der Waals surface area (Å²) in [6, 6.07) is 7.51. The second-order valence-electron chi connectivity index (χ2n) is 3.57. The summed E-state index contributed by atoms with van der Waals surface area (Å²) in [5.41, 5.74) is 0.914. The second kappa shape index (κ2) is 4.32. The fourth-order valence-corrected chi connectivity index (χ4v) is 1.68. The molecule has 2 rings (SSSR count). The zero-order chi connectivity index (χ0) is 10.7. The summed E-state index contributed by atoms with van der Waals surface area (Å²) >= 11 is 0. The molecule has 0 radical (unpaired) electrons. The van der Waals surface area contributed by atoms with Gasteiger partial charge in [0.1, 0.15) is 5.75 Å². The molecule has 15 heavy (non-hydrogen) atoms. The van der Waals surface area contributed by atoms with Gasteiger partial charge in [0.15, 0.2) is 0 Å². The number of aliphatic hydroxyl groups is 1. The van der Waals surface area contributed by atoms with E-state index >= 15 is 0 Å². The lowest BCUT2D eigenvalue weighted by molar-refractivity contribution is 0.152. The molecule has 0 saturated heterocycles. The van der Waals surface area contributed by atoms with Crippen LogP contribution in [0.4, 0.5) is 0 Å². The fourth-order valence-electron chi connectivity index (χ4n) is 1.68. The molecule has 0 saturated carbocycles. The van der Waals surface area contributed by atoms with E-state index in [4.69, 9.17) is 4.74 Å². The first-order valence-electron chi connectivity index (χ1n) is 4.98. The largest absolute Gasteiger partial charge is 0.497 e. The zero-order valence-electron chi connectivity index (χ0n) is 8.63. The molecule has 1 aromatic rings. The van der Waals surface area contributed by atoms with Crippen molar-refractivity contribution in [3.05, 3.63) is 54.1 Å². The summed E-state index contributed by atoms with van der Waals surface area (Å²) in [4.78, 5) is 0. The number of rotatable bonds is 3. The van der Waals surface area contributed by atoms with Crippen molar-refractivity contribution in [2.24, 2.45) is 5.92 Å².